The van der Waals surface area contributed by atoms with Crippen LogP contribution in [0.1, 0.15) is 42.4 Å². The van der Waals surface area contributed by atoms with Crippen LogP contribution in [0.15, 0.2) is 59.8 Å². The van der Waals surface area contributed by atoms with E-state index in [1.54, 1.807) is 17.0 Å². The van der Waals surface area contributed by atoms with Gasteiger partial charge in [-0.3, -0.25) is 4.79 Å². The van der Waals surface area contributed by atoms with E-state index in [4.69, 9.17) is 4.74 Å². The van der Waals surface area contributed by atoms with Crippen LogP contribution in [0.3, 0.4) is 0 Å². The highest BCUT2D eigenvalue weighted by Gasteiger charge is 2.37. The van der Waals surface area contributed by atoms with E-state index in [1.165, 1.54) is 19.2 Å². The van der Waals surface area contributed by atoms with Crippen LogP contribution in [0.4, 0.5) is 4.39 Å². The number of carbonyl (C=O) groups is 2. The molecule has 1 heterocycles. The molecule has 0 spiro atoms. The molecule has 0 radical (unpaired) electrons. The number of allylic oxidation sites excluding steroid dienone is 1. The summed E-state index contributed by atoms with van der Waals surface area (Å²) in [7, 11) is 1.33. The van der Waals surface area contributed by atoms with Gasteiger partial charge in [-0.25, -0.2) is 9.18 Å². The summed E-state index contributed by atoms with van der Waals surface area (Å²) in [5, 5.41) is 0. The zero-order valence-corrected chi connectivity index (χ0v) is 16.4. The number of nitrogens with zero attached hydrogens (tertiary/aromatic N) is 1. The highest BCUT2D eigenvalue weighted by Crippen LogP contribution is 2.39. The van der Waals surface area contributed by atoms with E-state index in [-0.39, 0.29) is 12.3 Å². The lowest BCUT2D eigenvalue weighted by atomic mass is 9.82. The van der Waals surface area contributed by atoms with Gasteiger partial charge in [0.05, 0.1) is 19.2 Å². The molecule has 0 fully saturated rings. The maximum Gasteiger partial charge on any atom is 0.336 e. The maximum atomic E-state index is 13.8. The summed E-state index contributed by atoms with van der Waals surface area (Å²) in [5.41, 5.74) is 3.80. The van der Waals surface area contributed by atoms with E-state index in [2.05, 4.69) is 0 Å². The first-order valence-corrected chi connectivity index (χ1v) is 9.37. The molecule has 0 saturated carbocycles. The van der Waals surface area contributed by atoms with Gasteiger partial charge in [-0.2, -0.15) is 0 Å². The highest BCUT2D eigenvalue weighted by molar-refractivity contribution is 5.95. The summed E-state index contributed by atoms with van der Waals surface area (Å²) < 4.78 is 18.8. The first-order valence-electron chi connectivity index (χ1n) is 9.37. The van der Waals surface area contributed by atoms with Crippen molar-refractivity contribution < 1.29 is 18.7 Å². The Bertz CT molecular complexity index is 918. The summed E-state index contributed by atoms with van der Waals surface area (Å²) in [5.74, 6) is -1.47. The van der Waals surface area contributed by atoms with Crippen LogP contribution in [0.2, 0.25) is 0 Å². The number of esters is 1. The van der Waals surface area contributed by atoms with Crippen LogP contribution < -0.4 is 0 Å². The Labute approximate surface area is 164 Å². The van der Waals surface area contributed by atoms with Crippen molar-refractivity contribution in [3.05, 3.63) is 82.3 Å². The van der Waals surface area contributed by atoms with E-state index >= 15 is 0 Å². The first-order chi connectivity index (χ1) is 13.4. The minimum atomic E-state index is -0.514. The Balaban J connectivity index is 2.07. The Hall–Kier alpha value is -2.95. The predicted molar refractivity (Wildman–Crippen MR) is 105 cm³/mol. The Morgan fingerprint density at radius 1 is 1.21 bits per heavy atom. The molecule has 1 aliphatic rings. The van der Waals surface area contributed by atoms with Crippen LogP contribution in [-0.4, -0.2) is 23.9 Å². The Kier molecular flexibility index (Phi) is 5.93. The van der Waals surface area contributed by atoms with Crippen LogP contribution in [0.25, 0.3) is 0 Å². The molecule has 5 heteroatoms. The third-order valence-electron chi connectivity index (χ3n) is 5.12. The smallest absolute Gasteiger partial charge is 0.336 e. The predicted octanol–water partition coefficient (Wildman–Crippen LogP) is 4.49. The van der Waals surface area contributed by atoms with Crippen molar-refractivity contribution in [2.24, 2.45) is 0 Å². The lowest BCUT2D eigenvalue weighted by Crippen LogP contribution is -2.38. The van der Waals surface area contributed by atoms with Gasteiger partial charge in [-0.15, -0.1) is 0 Å². The molecule has 1 atom stereocenters. The van der Waals surface area contributed by atoms with E-state index in [9.17, 15) is 14.0 Å². The third-order valence-corrected chi connectivity index (χ3v) is 5.12. The molecule has 2 aromatic rings. The van der Waals surface area contributed by atoms with Gasteiger partial charge >= 0.3 is 5.97 Å². The second kappa shape index (κ2) is 8.38. The average Bonchev–Trinajstić information content (AvgIpc) is 2.69. The SMILES string of the molecule is CCC1=C(C(=O)OC)C(c2cccc(F)c2)CC(=O)N1Cc1ccc(C)cc1. The molecule has 0 saturated heterocycles. The Morgan fingerprint density at radius 3 is 2.54 bits per heavy atom. The topological polar surface area (TPSA) is 46.6 Å². The minimum absolute atomic E-state index is 0.0839. The maximum absolute atomic E-state index is 13.8. The Morgan fingerprint density at radius 2 is 1.93 bits per heavy atom. The fraction of sp³-hybridized carbons (Fsp3) is 0.304. The van der Waals surface area contributed by atoms with Crippen molar-refractivity contribution in [1.82, 2.24) is 4.90 Å². The minimum Gasteiger partial charge on any atom is -0.466 e. The van der Waals surface area contributed by atoms with Crippen LogP contribution in [-0.2, 0) is 20.9 Å². The number of aryl methyl sites for hydroxylation is 1. The molecular formula is C23H24FNO3. The average molecular weight is 381 g/mol. The third kappa shape index (κ3) is 3.98. The fourth-order valence-electron chi connectivity index (χ4n) is 3.70. The largest absolute Gasteiger partial charge is 0.466 e. The van der Waals surface area contributed by atoms with Crippen molar-refractivity contribution >= 4 is 11.9 Å². The van der Waals surface area contributed by atoms with Crippen molar-refractivity contribution in [2.45, 2.75) is 39.2 Å². The number of benzene rings is 2. The molecule has 1 unspecified atom stereocenters. The fourth-order valence-corrected chi connectivity index (χ4v) is 3.70. The van der Waals surface area contributed by atoms with Gasteiger partial charge in [-0.1, -0.05) is 48.9 Å². The molecule has 1 aliphatic heterocycles. The van der Waals surface area contributed by atoms with E-state index in [1.807, 2.05) is 38.1 Å². The van der Waals surface area contributed by atoms with Gasteiger partial charge in [-0.05, 0) is 36.6 Å². The zero-order chi connectivity index (χ0) is 20.3. The number of hydrogen-bond donors (Lipinski definition) is 0. The molecule has 1 amide bonds. The summed E-state index contributed by atoms with van der Waals surface area (Å²) in [6, 6.07) is 14.0. The second-order valence-corrected chi connectivity index (χ2v) is 6.98. The lowest BCUT2D eigenvalue weighted by molar-refractivity contribution is -0.138. The molecule has 28 heavy (non-hydrogen) atoms. The lowest BCUT2D eigenvalue weighted by Gasteiger charge is -2.35. The molecule has 0 bridgehead atoms. The number of ether oxygens (including phenoxy) is 1. The number of methoxy groups -OCH3 is 1. The molecular weight excluding hydrogens is 357 g/mol. The number of hydrogen-bond acceptors (Lipinski definition) is 3. The van der Waals surface area contributed by atoms with E-state index in [0.29, 0.717) is 29.8 Å². The first kappa shape index (κ1) is 19.8. The van der Waals surface area contributed by atoms with Gasteiger partial charge in [0, 0.05) is 18.0 Å². The van der Waals surface area contributed by atoms with Crippen molar-refractivity contribution in [3.8, 4) is 0 Å². The standard InChI is InChI=1S/C23H24FNO3/c1-4-20-22(23(27)28-3)19(17-6-5-7-18(24)12-17)13-21(26)25(20)14-16-10-8-15(2)9-11-16/h5-12,19H,4,13-14H2,1-3H3. The van der Waals surface area contributed by atoms with Gasteiger partial charge in [0.1, 0.15) is 5.82 Å². The normalized spacial score (nSPS) is 17.1. The second-order valence-electron chi connectivity index (χ2n) is 6.98. The van der Waals surface area contributed by atoms with Gasteiger partial charge in [0.15, 0.2) is 0 Å². The van der Waals surface area contributed by atoms with Crippen molar-refractivity contribution in [2.75, 3.05) is 7.11 Å². The zero-order valence-electron chi connectivity index (χ0n) is 16.4. The van der Waals surface area contributed by atoms with Gasteiger partial charge < -0.3 is 9.64 Å². The van der Waals surface area contributed by atoms with Crippen LogP contribution in [0, 0.1) is 12.7 Å². The van der Waals surface area contributed by atoms with Crippen LogP contribution >= 0.6 is 0 Å². The van der Waals surface area contributed by atoms with Crippen molar-refractivity contribution in [3.63, 3.8) is 0 Å². The number of amides is 1. The molecule has 4 nitrogen and oxygen atoms in total. The summed E-state index contributed by atoms with van der Waals surface area (Å²) in [6.45, 7) is 4.30. The monoisotopic (exact) mass is 381 g/mol. The van der Waals surface area contributed by atoms with Crippen molar-refractivity contribution in [1.29, 1.82) is 0 Å². The number of carbonyl (C=O) groups excluding carboxylic acids is 2. The van der Waals surface area contributed by atoms with E-state index in [0.717, 1.165) is 11.1 Å². The number of rotatable bonds is 5. The molecule has 0 aromatic heterocycles. The van der Waals surface area contributed by atoms with Gasteiger partial charge in [0.2, 0.25) is 5.91 Å². The molecule has 3 rings (SSSR count). The summed E-state index contributed by atoms with van der Waals surface area (Å²) in [6.07, 6.45) is 0.594. The molecule has 0 N–H and O–H groups in total. The number of halogens is 1. The summed E-state index contributed by atoms with van der Waals surface area (Å²) >= 11 is 0. The highest BCUT2D eigenvalue weighted by atomic mass is 19.1. The van der Waals surface area contributed by atoms with Crippen LogP contribution in [0.5, 0.6) is 0 Å². The summed E-state index contributed by atoms with van der Waals surface area (Å²) in [4.78, 5) is 27.3. The molecule has 0 aliphatic carbocycles. The van der Waals surface area contributed by atoms with E-state index < -0.39 is 17.7 Å². The molecule has 146 valence electrons. The van der Waals surface area contributed by atoms with Gasteiger partial charge in [0.25, 0.3) is 0 Å². The quantitative estimate of drug-likeness (QED) is 0.717. The molecule has 2 aromatic carbocycles.